The number of rotatable bonds is 7. The van der Waals surface area contributed by atoms with Crippen molar-refractivity contribution in [2.45, 2.75) is 37.6 Å². The SMILES string of the molecule is CC(C)NC(=O)CCc1csc(NS(=O)(=O)c2ccccc2)n1. The lowest BCUT2D eigenvalue weighted by Gasteiger charge is -2.07. The van der Waals surface area contributed by atoms with Gasteiger partial charge < -0.3 is 5.32 Å². The third kappa shape index (κ3) is 5.33. The van der Waals surface area contributed by atoms with Crippen molar-refractivity contribution < 1.29 is 13.2 Å². The molecular weight excluding hydrogens is 334 g/mol. The van der Waals surface area contributed by atoms with Crippen LogP contribution in [0.5, 0.6) is 0 Å². The number of carbonyl (C=O) groups is 1. The Kier molecular flexibility index (Phi) is 5.73. The van der Waals surface area contributed by atoms with E-state index in [0.717, 1.165) is 0 Å². The van der Waals surface area contributed by atoms with E-state index >= 15 is 0 Å². The molecule has 0 fully saturated rings. The smallest absolute Gasteiger partial charge is 0.263 e. The van der Waals surface area contributed by atoms with Gasteiger partial charge in [-0.2, -0.15) is 0 Å². The molecule has 0 radical (unpaired) electrons. The molecule has 0 saturated heterocycles. The molecule has 6 nitrogen and oxygen atoms in total. The molecule has 0 spiro atoms. The summed E-state index contributed by atoms with van der Waals surface area (Å²) in [4.78, 5) is 16.0. The zero-order chi connectivity index (χ0) is 16.9. The fourth-order valence-corrected chi connectivity index (χ4v) is 3.90. The summed E-state index contributed by atoms with van der Waals surface area (Å²) >= 11 is 1.20. The number of thiazole rings is 1. The van der Waals surface area contributed by atoms with Crippen molar-refractivity contribution in [3.63, 3.8) is 0 Å². The van der Waals surface area contributed by atoms with Gasteiger partial charge in [0.05, 0.1) is 10.6 Å². The molecule has 1 heterocycles. The van der Waals surface area contributed by atoms with Gasteiger partial charge in [0.1, 0.15) is 0 Å². The van der Waals surface area contributed by atoms with Crippen LogP contribution in [0.25, 0.3) is 0 Å². The Hall–Kier alpha value is -1.93. The van der Waals surface area contributed by atoms with Gasteiger partial charge in [0.25, 0.3) is 10.0 Å². The minimum Gasteiger partial charge on any atom is -0.354 e. The molecule has 0 saturated carbocycles. The highest BCUT2D eigenvalue weighted by Gasteiger charge is 2.15. The molecule has 2 N–H and O–H groups in total. The summed E-state index contributed by atoms with van der Waals surface area (Å²) < 4.78 is 26.8. The second kappa shape index (κ2) is 7.56. The summed E-state index contributed by atoms with van der Waals surface area (Å²) in [6.45, 7) is 3.80. The van der Waals surface area contributed by atoms with Crippen molar-refractivity contribution in [1.82, 2.24) is 10.3 Å². The van der Waals surface area contributed by atoms with Crippen molar-refractivity contribution in [3.05, 3.63) is 41.4 Å². The van der Waals surface area contributed by atoms with Gasteiger partial charge in [0.2, 0.25) is 5.91 Å². The molecular formula is C15H19N3O3S2. The van der Waals surface area contributed by atoms with Crippen LogP contribution in [0.15, 0.2) is 40.6 Å². The maximum Gasteiger partial charge on any atom is 0.263 e. The van der Waals surface area contributed by atoms with E-state index in [1.54, 1.807) is 23.6 Å². The zero-order valence-electron chi connectivity index (χ0n) is 12.9. The number of hydrogen-bond acceptors (Lipinski definition) is 5. The molecule has 2 rings (SSSR count). The third-order valence-corrected chi connectivity index (χ3v) is 5.18. The van der Waals surface area contributed by atoms with E-state index in [0.29, 0.717) is 23.7 Å². The van der Waals surface area contributed by atoms with Gasteiger partial charge in [0, 0.05) is 17.8 Å². The summed E-state index contributed by atoms with van der Waals surface area (Å²) in [6.07, 6.45) is 0.801. The molecule has 1 aromatic heterocycles. The Morgan fingerprint density at radius 3 is 2.61 bits per heavy atom. The largest absolute Gasteiger partial charge is 0.354 e. The van der Waals surface area contributed by atoms with Gasteiger partial charge in [-0.1, -0.05) is 18.2 Å². The number of carbonyl (C=O) groups excluding carboxylic acids is 1. The topological polar surface area (TPSA) is 88.2 Å². The highest BCUT2D eigenvalue weighted by atomic mass is 32.2. The van der Waals surface area contributed by atoms with Crippen LogP contribution in [0.1, 0.15) is 26.0 Å². The van der Waals surface area contributed by atoms with Gasteiger partial charge in [0.15, 0.2) is 5.13 Å². The van der Waals surface area contributed by atoms with Gasteiger partial charge >= 0.3 is 0 Å². The second-order valence-corrected chi connectivity index (χ2v) is 7.83. The quantitative estimate of drug-likeness (QED) is 0.800. The molecule has 0 aliphatic rings. The number of anilines is 1. The first-order valence-corrected chi connectivity index (χ1v) is 9.55. The number of aromatic nitrogens is 1. The van der Waals surface area contributed by atoms with E-state index < -0.39 is 10.0 Å². The average Bonchev–Trinajstić information content (AvgIpc) is 2.92. The maximum atomic E-state index is 12.2. The predicted octanol–water partition coefficient (Wildman–Crippen LogP) is 2.40. The zero-order valence-corrected chi connectivity index (χ0v) is 14.6. The fraction of sp³-hybridized carbons (Fsp3) is 0.333. The molecule has 124 valence electrons. The van der Waals surface area contributed by atoms with Crippen molar-refractivity contribution in [3.8, 4) is 0 Å². The Bertz CT molecular complexity index is 755. The van der Waals surface area contributed by atoms with E-state index in [4.69, 9.17) is 0 Å². The molecule has 2 aromatic rings. The third-order valence-electron chi connectivity index (χ3n) is 2.88. The molecule has 0 atom stereocenters. The molecule has 8 heteroatoms. The summed E-state index contributed by atoms with van der Waals surface area (Å²) in [7, 11) is -3.63. The second-order valence-electron chi connectivity index (χ2n) is 5.28. The number of hydrogen-bond donors (Lipinski definition) is 2. The van der Waals surface area contributed by atoms with Crippen molar-refractivity contribution in [1.29, 1.82) is 0 Å². The first-order chi connectivity index (χ1) is 10.9. The molecule has 0 aliphatic heterocycles. The lowest BCUT2D eigenvalue weighted by atomic mass is 10.2. The van der Waals surface area contributed by atoms with Crippen LogP contribution in [-0.2, 0) is 21.2 Å². The van der Waals surface area contributed by atoms with E-state index in [1.807, 2.05) is 13.8 Å². The van der Waals surface area contributed by atoms with Crippen LogP contribution in [0.2, 0.25) is 0 Å². The summed E-state index contributed by atoms with van der Waals surface area (Å²) in [5, 5.41) is 4.86. The molecule has 0 bridgehead atoms. The number of sulfonamides is 1. The Morgan fingerprint density at radius 2 is 1.96 bits per heavy atom. The Labute approximate surface area is 140 Å². The van der Waals surface area contributed by atoms with Gasteiger partial charge in [-0.05, 0) is 32.4 Å². The predicted molar refractivity (Wildman–Crippen MR) is 91.0 cm³/mol. The van der Waals surface area contributed by atoms with E-state index in [2.05, 4.69) is 15.0 Å². The molecule has 23 heavy (non-hydrogen) atoms. The molecule has 1 amide bonds. The van der Waals surface area contributed by atoms with Gasteiger partial charge in [-0.25, -0.2) is 13.4 Å². The van der Waals surface area contributed by atoms with Gasteiger partial charge in [-0.15, -0.1) is 11.3 Å². The van der Waals surface area contributed by atoms with E-state index in [9.17, 15) is 13.2 Å². The van der Waals surface area contributed by atoms with Crippen LogP contribution in [-0.4, -0.2) is 25.4 Å². The number of amides is 1. The lowest BCUT2D eigenvalue weighted by Crippen LogP contribution is -2.30. The number of aryl methyl sites for hydroxylation is 1. The highest BCUT2D eigenvalue weighted by molar-refractivity contribution is 7.93. The van der Waals surface area contributed by atoms with Crippen LogP contribution in [0, 0.1) is 0 Å². The van der Waals surface area contributed by atoms with Crippen LogP contribution >= 0.6 is 11.3 Å². The number of nitrogens with one attached hydrogen (secondary N) is 2. The Morgan fingerprint density at radius 1 is 1.26 bits per heavy atom. The molecule has 0 aliphatic carbocycles. The molecule has 0 unspecified atom stereocenters. The van der Waals surface area contributed by atoms with Crippen molar-refractivity contribution >= 4 is 32.4 Å². The monoisotopic (exact) mass is 353 g/mol. The van der Waals surface area contributed by atoms with Crippen LogP contribution < -0.4 is 10.0 Å². The summed E-state index contributed by atoms with van der Waals surface area (Å²) in [5.41, 5.74) is 0.694. The van der Waals surface area contributed by atoms with Gasteiger partial charge in [-0.3, -0.25) is 9.52 Å². The van der Waals surface area contributed by atoms with Crippen LogP contribution in [0.3, 0.4) is 0 Å². The van der Waals surface area contributed by atoms with E-state index in [-0.39, 0.29) is 16.8 Å². The minimum absolute atomic E-state index is 0.0422. The van der Waals surface area contributed by atoms with Crippen molar-refractivity contribution in [2.24, 2.45) is 0 Å². The fourth-order valence-electron chi connectivity index (χ4n) is 1.88. The van der Waals surface area contributed by atoms with Crippen LogP contribution in [0.4, 0.5) is 5.13 Å². The number of benzene rings is 1. The number of nitrogens with zero attached hydrogens (tertiary/aromatic N) is 1. The highest BCUT2D eigenvalue weighted by Crippen LogP contribution is 2.20. The Balaban J connectivity index is 1.96. The molecule has 1 aromatic carbocycles. The summed E-state index contributed by atoms with van der Waals surface area (Å²) in [6, 6.07) is 8.22. The first-order valence-electron chi connectivity index (χ1n) is 7.18. The average molecular weight is 353 g/mol. The summed E-state index contributed by atoms with van der Waals surface area (Å²) in [5.74, 6) is -0.0422. The minimum atomic E-state index is -3.63. The van der Waals surface area contributed by atoms with E-state index in [1.165, 1.54) is 23.5 Å². The normalized spacial score (nSPS) is 11.4. The van der Waals surface area contributed by atoms with Crippen molar-refractivity contribution in [2.75, 3.05) is 4.72 Å². The lowest BCUT2D eigenvalue weighted by molar-refractivity contribution is -0.121. The standard InChI is InChI=1S/C15H19N3O3S2/c1-11(2)16-14(19)9-8-12-10-22-15(17-12)18-23(20,21)13-6-4-3-5-7-13/h3-7,10-11H,8-9H2,1-2H3,(H,16,19)(H,17,18). The maximum absolute atomic E-state index is 12.2. The first kappa shape index (κ1) is 17.4.